The summed E-state index contributed by atoms with van der Waals surface area (Å²) in [4.78, 5) is 12.3. The van der Waals surface area contributed by atoms with Gasteiger partial charge >= 0.3 is 0 Å². The number of aromatic nitrogens is 4. The highest BCUT2D eigenvalue weighted by atomic mass is 127. The number of nitrogens with zero attached hydrogens (tertiary/aromatic N) is 5. The first-order valence-electron chi connectivity index (χ1n) is 7.61. The quantitative estimate of drug-likeness (QED) is 0.611. The van der Waals surface area contributed by atoms with Crippen molar-refractivity contribution >= 4 is 34.3 Å². The van der Waals surface area contributed by atoms with Crippen LogP contribution in [0.3, 0.4) is 0 Å². The molecule has 2 aromatic heterocycles. The predicted molar refractivity (Wildman–Crippen MR) is 101 cm³/mol. The van der Waals surface area contributed by atoms with Gasteiger partial charge in [0.25, 0.3) is 0 Å². The maximum atomic E-state index is 12.3. The molecule has 1 N–H and O–H groups in total. The number of nitrogens with one attached hydrogen (secondary N) is 1. The Hall–Kier alpha value is -2.67. The number of carbonyl (C=O) groups excluding carboxylic acids is 1. The minimum absolute atomic E-state index is 0.195. The van der Waals surface area contributed by atoms with Gasteiger partial charge in [0.2, 0.25) is 5.91 Å². The molecule has 0 unspecified atom stereocenters. The molecule has 1 amide bonds. The minimum atomic E-state index is -0.195. The summed E-state index contributed by atoms with van der Waals surface area (Å²) in [5, 5.41) is 20.5. The molecule has 1 aromatic carbocycles. The summed E-state index contributed by atoms with van der Waals surface area (Å²) in [5.74, 6) is 0.185. The van der Waals surface area contributed by atoms with Crippen LogP contribution in [0.5, 0.6) is 0 Å². The highest BCUT2D eigenvalue weighted by Gasteiger charge is 2.15. The molecule has 3 aromatic rings. The largest absolute Gasteiger partial charge is 0.309 e. The van der Waals surface area contributed by atoms with Crippen LogP contribution in [0.15, 0.2) is 42.7 Å². The van der Waals surface area contributed by atoms with Crippen molar-refractivity contribution in [3.8, 4) is 11.8 Å². The normalized spacial score (nSPS) is 10.4. The Balaban J connectivity index is 1.76. The van der Waals surface area contributed by atoms with Crippen molar-refractivity contribution in [2.75, 3.05) is 5.32 Å². The topological polar surface area (TPSA) is 88.5 Å². The smallest absolute Gasteiger partial charge is 0.227 e. The SMILES string of the molecule is Cc1c(I)cnn1CCC(=O)Nc1c(C#N)cnn1-c1ccccc1. The Morgan fingerprint density at radius 1 is 1.28 bits per heavy atom. The van der Waals surface area contributed by atoms with Crippen molar-refractivity contribution in [1.82, 2.24) is 19.6 Å². The fourth-order valence-electron chi connectivity index (χ4n) is 2.37. The zero-order chi connectivity index (χ0) is 17.8. The summed E-state index contributed by atoms with van der Waals surface area (Å²) < 4.78 is 4.41. The predicted octanol–water partition coefficient (Wildman–Crippen LogP) is 2.88. The Bertz CT molecular complexity index is 938. The van der Waals surface area contributed by atoms with Gasteiger partial charge in [0.1, 0.15) is 11.6 Å². The van der Waals surface area contributed by atoms with E-state index in [4.69, 9.17) is 0 Å². The lowest BCUT2D eigenvalue weighted by molar-refractivity contribution is -0.116. The third kappa shape index (κ3) is 3.71. The number of benzene rings is 1. The van der Waals surface area contributed by atoms with Gasteiger partial charge < -0.3 is 5.32 Å². The van der Waals surface area contributed by atoms with Gasteiger partial charge in [0, 0.05) is 12.1 Å². The molecule has 0 atom stereocenters. The first-order valence-corrected chi connectivity index (χ1v) is 8.69. The number of nitriles is 1. The molecule has 7 nitrogen and oxygen atoms in total. The molecule has 8 heteroatoms. The fourth-order valence-corrected chi connectivity index (χ4v) is 2.77. The zero-order valence-corrected chi connectivity index (χ0v) is 15.6. The number of rotatable bonds is 5. The van der Waals surface area contributed by atoms with Crippen molar-refractivity contribution in [1.29, 1.82) is 5.26 Å². The molecule has 0 saturated heterocycles. The molecule has 0 bridgehead atoms. The number of halogens is 1. The Kier molecular flexibility index (Phi) is 5.14. The van der Waals surface area contributed by atoms with Crippen LogP contribution in [0.25, 0.3) is 5.69 Å². The van der Waals surface area contributed by atoms with Crippen molar-refractivity contribution in [2.45, 2.75) is 19.9 Å². The second-order valence-electron chi connectivity index (χ2n) is 5.37. The Morgan fingerprint density at radius 2 is 2.04 bits per heavy atom. The van der Waals surface area contributed by atoms with E-state index in [1.807, 2.05) is 37.3 Å². The lowest BCUT2D eigenvalue weighted by Crippen LogP contribution is -2.18. The molecule has 0 spiro atoms. The van der Waals surface area contributed by atoms with Gasteiger partial charge in [-0.3, -0.25) is 9.48 Å². The van der Waals surface area contributed by atoms with Crippen LogP contribution >= 0.6 is 22.6 Å². The van der Waals surface area contributed by atoms with Gasteiger partial charge in [-0.1, -0.05) is 18.2 Å². The second-order valence-corrected chi connectivity index (χ2v) is 6.53. The monoisotopic (exact) mass is 446 g/mol. The average Bonchev–Trinajstić information content (AvgIpc) is 3.18. The van der Waals surface area contributed by atoms with E-state index in [-0.39, 0.29) is 12.3 Å². The van der Waals surface area contributed by atoms with Crippen LogP contribution in [0.4, 0.5) is 5.82 Å². The van der Waals surface area contributed by atoms with E-state index in [0.717, 1.165) is 15.0 Å². The van der Waals surface area contributed by atoms with Gasteiger partial charge in [-0.05, 0) is 41.6 Å². The lowest BCUT2D eigenvalue weighted by Gasteiger charge is -2.10. The summed E-state index contributed by atoms with van der Waals surface area (Å²) >= 11 is 2.21. The molecule has 25 heavy (non-hydrogen) atoms. The molecule has 126 valence electrons. The molecule has 3 rings (SSSR count). The van der Waals surface area contributed by atoms with Gasteiger partial charge in [-0.15, -0.1) is 0 Å². The Labute approximate surface area is 158 Å². The van der Waals surface area contributed by atoms with Crippen molar-refractivity contribution < 1.29 is 4.79 Å². The van der Waals surface area contributed by atoms with Crippen molar-refractivity contribution in [2.24, 2.45) is 0 Å². The third-order valence-electron chi connectivity index (χ3n) is 3.74. The maximum Gasteiger partial charge on any atom is 0.227 e. The van der Waals surface area contributed by atoms with E-state index in [9.17, 15) is 10.1 Å². The van der Waals surface area contributed by atoms with Gasteiger partial charge in [-0.2, -0.15) is 15.5 Å². The molecular weight excluding hydrogens is 431 g/mol. The zero-order valence-electron chi connectivity index (χ0n) is 13.5. The molecule has 0 aliphatic rings. The van der Waals surface area contributed by atoms with Crippen LogP contribution in [-0.4, -0.2) is 25.5 Å². The number of hydrogen-bond acceptors (Lipinski definition) is 4. The van der Waals surface area contributed by atoms with Gasteiger partial charge in [-0.25, -0.2) is 4.68 Å². The van der Waals surface area contributed by atoms with E-state index >= 15 is 0 Å². The van der Waals surface area contributed by atoms with E-state index in [0.29, 0.717) is 17.9 Å². The number of hydrogen-bond donors (Lipinski definition) is 1. The highest BCUT2D eigenvalue weighted by molar-refractivity contribution is 14.1. The number of amides is 1. The molecule has 0 aliphatic heterocycles. The molecule has 0 saturated carbocycles. The van der Waals surface area contributed by atoms with Crippen LogP contribution in [0.1, 0.15) is 17.7 Å². The van der Waals surface area contributed by atoms with E-state index in [1.165, 1.54) is 6.20 Å². The fraction of sp³-hybridized carbons (Fsp3) is 0.176. The second kappa shape index (κ2) is 7.48. The standard InChI is InChI=1S/C17H15IN6O/c1-12-15(18)11-20-23(12)8-7-16(25)22-17-13(9-19)10-21-24(17)14-5-3-2-4-6-14/h2-6,10-11H,7-8H2,1H3,(H,22,25). The molecule has 0 fully saturated rings. The summed E-state index contributed by atoms with van der Waals surface area (Å²) in [6.07, 6.45) is 3.47. The molecule has 0 radical (unpaired) electrons. The number of aryl methyl sites for hydroxylation is 1. The maximum absolute atomic E-state index is 12.3. The summed E-state index contributed by atoms with van der Waals surface area (Å²) in [7, 11) is 0. The number of para-hydroxylation sites is 1. The molecular formula is C17H15IN6O. The van der Waals surface area contributed by atoms with Gasteiger partial charge in [0.15, 0.2) is 5.82 Å². The highest BCUT2D eigenvalue weighted by Crippen LogP contribution is 2.20. The van der Waals surface area contributed by atoms with Crippen LogP contribution in [0, 0.1) is 21.8 Å². The Morgan fingerprint density at radius 3 is 2.68 bits per heavy atom. The van der Waals surface area contributed by atoms with Crippen molar-refractivity contribution in [3.05, 3.63) is 57.6 Å². The molecule has 0 aliphatic carbocycles. The summed E-state index contributed by atoms with van der Waals surface area (Å²) in [6.45, 7) is 2.44. The lowest BCUT2D eigenvalue weighted by atomic mass is 10.3. The molecule has 2 heterocycles. The number of carbonyl (C=O) groups is 1. The van der Waals surface area contributed by atoms with Gasteiger partial charge in [0.05, 0.1) is 28.2 Å². The number of anilines is 1. The average molecular weight is 446 g/mol. The summed E-state index contributed by atoms with van der Waals surface area (Å²) in [6, 6.07) is 11.4. The van der Waals surface area contributed by atoms with Crippen LogP contribution in [0.2, 0.25) is 0 Å². The summed E-state index contributed by atoms with van der Waals surface area (Å²) in [5.41, 5.74) is 2.12. The van der Waals surface area contributed by atoms with E-state index in [1.54, 1.807) is 15.6 Å². The first-order chi connectivity index (χ1) is 12.1. The first kappa shape index (κ1) is 17.2. The van der Waals surface area contributed by atoms with E-state index < -0.39 is 0 Å². The van der Waals surface area contributed by atoms with Crippen LogP contribution in [-0.2, 0) is 11.3 Å². The third-order valence-corrected chi connectivity index (χ3v) is 4.80. The van der Waals surface area contributed by atoms with Crippen molar-refractivity contribution in [3.63, 3.8) is 0 Å². The minimum Gasteiger partial charge on any atom is -0.309 e. The van der Waals surface area contributed by atoms with Crippen LogP contribution < -0.4 is 5.32 Å². The van der Waals surface area contributed by atoms with E-state index in [2.05, 4.69) is 44.2 Å².